The van der Waals surface area contributed by atoms with Crippen molar-refractivity contribution in [1.82, 2.24) is 9.78 Å². The van der Waals surface area contributed by atoms with Crippen molar-refractivity contribution >= 4 is 11.9 Å². The maximum atomic E-state index is 11.6. The molecule has 0 unspecified atom stereocenters. The number of carboxylic acids is 1. The summed E-state index contributed by atoms with van der Waals surface area (Å²) in [6.45, 7) is 5.63. The van der Waals surface area contributed by atoms with Crippen LogP contribution in [0.5, 0.6) is 0 Å². The van der Waals surface area contributed by atoms with Gasteiger partial charge in [-0.1, -0.05) is 0 Å². The Bertz CT molecular complexity index is 409. The molecule has 1 rings (SSSR count). The number of esters is 1. The van der Waals surface area contributed by atoms with Crippen LogP contribution in [0.4, 0.5) is 0 Å². The van der Waals surface area contributed by atoms with Gasteiger partial charge in [0, 0.05) is 12.6 Å². The summed E-state index contributed by atoms with van der Waals surface area (Å²) in [5.74, 6) is -1.72. The zero-order valence-corrected chi connectivity index (χ0v) is 9.43. The summed E-state index contributed by atoms with van der Waals surface area (Å²) >= 11 is 0. The molecule has 0 spiro atoms. The minimum absolute atomic E-state index is 0.155. The quantitative estimate of drug-likeness (QED) is 0.779. The van der Waals surface area contributed by atoms with Gasteiger partial charge in [-0.05, 0) is 20.8 Å². The summed E-state index contributed by atoms with van der Waals surface area (Å²) in [5, 5.41) is 12.5. The van der Waals surface area contributed by atoms with Gasteiger partial charge in [0.2, 0.25) is 0 Å². The van der Waals surface area contributed by atoms with Gasteiger partial charge in [0.15, 0.2) is 5.69 Å². The number of hydrogen-bond donors (Lipinski definition) is 1. The first-order valence-corrected chi connectivity index (χ1v) is 4.97. The Balaban J connectivity index is 3.02. The number of carboxylic acid groups (broad SMARTS) is 1. The van der Waals surface area contributed by atoms with E-state index in [1.807, 2.05) is 0 Å². The van der Waals surface area contributed by atoms with E-state index >= 15 is 0 Å². The molecule has 1 N–H and O–H groups in total. The van der Waals surface area contributed by atoms with Crippen molar-refractivity contribution in [2.24, 2.45) is 0 Å². The fourth-order valence-electron chi connectivity index (χ4n) is 1.20. The SMILES string of the molecule is CCn1nc(C(=O)O)cc1C(=O)OC(C)C. The molecule has 0 saturated heterocycles. The zero-order chi connectivity index (χ0) is 12.3. The van der Waals surface area contributed by atoms with Gasteiger partial charge in [-0.3, -0.25) is 4.68 Å². The summed E-state index contributed by atoms with van der Waals surface area (Å²) in [4.78, 5) is 22.3. The molecular formula is C10H14N2O4. The topological polar surface area (TPSA) is 81.4 Å². The van der Waals surface area contributed by atoms with Crippen molar-refractivity contribution in [2.45, 2.75) is 33.4 Å². The van der Waals surface area contributed by atoms with E-state index in [-0.39, 0.29) is 17.5 Å². The first-order chi connectivity index (χ1) is 7.45. The van der Waals surface area contributed by atoms with Gasteiger partial charge in [-0.25, -0.2) is 9.59 Å². The summed E-state index contributed by atoms with van der Waals surface area (Å²) < 4.78 is 6.29. The lowest BCUT2D eigenvalue weighted by molar-refractivity contribution is 0.0363. The average molecular weight is 226 g/mol. The Kier molecular flexibility index (Phi) is 3.65. The number of nitrogens with zero attached hydrogens (tertiary/aromatic N) is 2. The lowest BCUT2D eigenvalue weighted by Gasteiger charge is -2.08. The third-order valence-electron chi connectivity index (χ3n) is 1.85. The van der Waals surface area contributed by atoms with E-state index in [4.69, 9.17) is 9.84 Å². The van der Waals surface area contributed by atoms with Crippen LogP contribution in [-0.4, -0.2) is 32.9 Å². The zero-order valence-electron chi connectivity index (χ0n) is 9.43. The molecule has 16 heavy (non-hydrogen) atoms. The second-order valence-electron chi connectivity index (χ2n) is 3.49. The number of hydrogen-bond acceptors (Lipinski definition) is 4. The van der Waals surface area contributed by atoms with Crippen molar-refractivity contribution in [2.75, 3.05) is 0 Å². The van der Waals surface area contributed by atoms with E-state index in [1.165, 1.54) is 10.7 Å². The smallest absolute Gasteiger partial charge is 0.356 e. The minimum Gasteiger partial charge on any atom is -0.476 e. The van der Waals surface area contributed by atoms with Gasteiger partial charge >= 0.3 is 11.9 Å². The number of aromatic nitrogens is 2. The molecule has 0 saturated carbocycles. The number of ether oxygens (including phenoxy) is 1. The van der Waals surface area contributed by atoms with Gasteiger partial charge in [0.25, 0.3) is 0 Å². The van der Waals surface area contributed by atoms with Gasteiger partial charge in [0.1, 0.15) is 5.69 Å². The van der Waals surface area contributed by atoms with E-state index in [2.05, 4.69) is 5.10 Å². The summed E-state index contributed by atoms with van der Waals surface area (Å²) in [6, 6.07) is 1.22. The van der Waals surface area contributed by atoms with Gasteiger partial charge in [-0.2, -0.15) is 5.10 Å². The fourth-order valence-corrected chi connectivity index (χ4v) is 1.20. The normalized spacial score (nSPS) is 10.5. The molecule has 1 aromatic heterocycles. The molecule has 0 aliphatic rings. The molecule has 0 atom stereocenters. The number of rotatable bonds is 4. The van der Waals surface area contributed by atoms with Crippen molar-refractivity contribution < 1.29 is 19.4 Å². The first kappa shape index (κ1) is 12.2. The second-order valence-corrected chi connectivity index (χ2v) is 3.49. The average Bonchev–Trinajstić information content (AvgIpc) is 2.60. The highest BCUT2D eigenvalue weighted by molar-refractivity contribution is 5.92. The van der Waals surface area contributed by atoms with Crippen LogP contribution in [0, 0.1) is 0 Å². The number of carbonyl (C=O) groups is 2. The Morgan fingerprint density at radius 2 is 2.19 bits per heavy atom. The Hall–Kier alpha value is -1.85. The molecule has 6 heteroatoms. The van der Waals surface area contributed by atoms with Crippen LogP contribution in [0.25, 0.3) is 0 Å². The van der Waals surface area contributed by atoms with Gasteiger partial charge in [-0.15, -0.1) is 0 Å². The molecule has 0 bridgehead atoms. The second kappa shape index (κ2) is 4.78. The standard InChI is InChI=1S/C10H14N2O4/c1-4-12-8(10(15)16-6(2)3)5-7(11-12)9(13)14/h5-6H,4H2,1-3H3,(H,13,14). The number of aryl methyl sites for hydroxylation is 1. The molecule has 0 amide bonds. The molecule has 0 aliphatic heterocycles. The molecule has 0 fully saturated rings. The predicted molar refractivity (Wildman–Crippen MR) is 55.4 cm³/mol. The molecule has 0 radical (unpaired) electrons. The van der Waals surface area contributed by atoms with E-state index in [0.717, 1.165) is 0 Å². The van der Waals surface area contributed by atoms with E-state index in [1.54, 1.807) is 20.8 Å². The van der Waals surface area contributed by atoms with Crippen LogP contribution < -0.4 is 0 Å². The maximum absolute atomic E-state index is 11.6. The predicted octanol–water partition coefficient (Wildman–Crippen LogP) is 1.17. The third kappa shape index (κ3) is 2.59. The Morgan fingerprint density at radius 3 is 2.62 bits per heavy atom. The van der Waals surface area contributed by atoms with Crippen LogP contribution in [0.1, 0.15) is 41.7 Å². The van der Waals surface area contributed by atoms with Crippen LogP contribution in [-0.2, 0) is 11.3 Å². The van der Waals surface area contributed by atoms with Crippen molar-refractivity contribution in [1.29, 1.82) is 0 Å². The molecule has 88 valence electrons. The number of aromatic carboxylic acids is 1. The van der Waals surface area contributed by atoms with E-state index in [9.17, 15) is 9.59 Å². The van der Waals surface area contributed by atoms with Crippen molar-refractivity contribution in [3.05, 3.63) is 17.5 Å². The highest BCUT2D eigenvalue weighted by Gasteiger charge is 2.19. The molecular weight excluding hydrogens is 212 g/mol. The van der Waals surface area contributed by atoms with Crippen molar-refractivity contribution in [3.8, 4) is 0 Å². The van der Waals surface area contributed by atoms with Crippen molar-refractivity contribution in [3.63, 3.8) is 0 Å². The summed E-state index contributed by atoms with van der Waals surface area (Å²) in [5.41, 5.74) is 0.00570. The van der Waals surface area contributed by atoms with Crippen LogP contribution in [0.3, 0.4) is 0 Å². The summed E-state index contributed by atoms with van der Waals surface area (Å²) in [7, 11) is 0. The Labute approximate surface area is 92.8 Å². The number of carbonyl (C=O) groups excluding carboxylic acids is 1. The van der Waals surface area contributed by atoms with Gasteiger partial charge < -0.3 is 9.84 Å². The van der Waals surface area contributed by atoms with Gasteiger partial charge in [0.05, 0.1) is 6.10 Å². The lowest BCUT2D eigenvalue weighted by atomic mass is 10.3. The van der Waals surface area contributed by atoms with E-state index < -0.39 is 11.9 Å². The van der Waals surface area contributed by atoms with E-state index in [0.29, 0.717) is 6.54 Å². The summed E-state index contributed by atoms with van der Waals surface area (Å²) in [6.07, 6.45) is -0.249. The Morgan fingerprint density at radius 1 is 1.56 bits per heavy atom. The molecule has 1 aromatic rings. The molecule has 1 heterocycles. The highest BCUT2D eigenvalue weighted by Crippen LogP contribution is 2.08. The third-order valence-corrected chi connectivity index (χ3v) is 1.85. The fraction of sp³-hybridized carbons (Fsp3) is 0.500. The minimum atomic E-state index is -1.16. The van der Waals surface area contributed by atoms with Crippen LogP contribution in [0.2, 0.25) is 0 Å². The van der Waals surface area contributed by atoms with Crippen LogP contribution >= 0.6 is 0 Å². The molecule has 0 aromatic carbocycles. The largest absolute Gasteiger partial charge is 0.476 e. The first-order valence-electron chi connectivity index (χ1n) is 4.97. The molecule has 6 nitrogen and oxygen atoms in total. The lowest BCUT2D eigenvalue weighted by Crippen LogP contribution is -2.16. The highest BCUT2D eigenvalue weighted by atomic mass is 16.5. The molecule has 0 aliphatic carbocycles. The maximum Gasteiger partial charge on any atom is 0.356 e. The van der Waals surface area contributed by atoms with Crippen LogP contribution in [0.15, 0.2) is 6.07 Å². The monoisotopic (exact) mass is 226 g/mol.